The largest absolute Gasteiger partial charge is 0.371 e. The maximum absolute atomic E-state index is 6.34. The van der Waals surface area contributed by atoms with Gasteiger partial charge in [-0.1, -0.05) is 25.2 Å². The van der Waals surface area contributed by atoms with Gasteiger partial charge in [-0.05, 0) is 24.7 Å². The van der Waals surface area contributed by atoms with Crippen molar-refractivity contribution in [1.82, 2.24) is 0 Å². The number of hydrogen-bond donors (Lipinski definition) is 0. The first-order chi connectivity index (χ1) is 10.9. The van der Waals surface area contributed by atoms with Crippen molar-refractivity contribution in [2.45, 2.75) is 62.3 Å². The lowest BCUT2D eigenvalue weighted by atomic mass is 9.45. The Kier molecular flexibility index (Phi) is 4.33. The molecule has 0 amide bonds. The molecular formula is C20H30O3. The molecule has 128 valence electrons. The molecule has 0 N–H and O–H groups in total. The Morgan fingerprint density at radius 2 is 0.957 bits per heavy atom. The lowest BCUT2D eigenvalue weighted by molar-refractivity contribution is -0.304. The molecule has 0 unspecified atom stereocenters. The summed E-state index contributed by atoms with van der Waals surface area (Å²) in [7, 11) is 0. The van der Waals surface area contributed by atoms with E-state index in [2.05, 4.69) is 26.7 Å². The van der Waals surface area contributed by atoms with Crippen LogP contribution in [0, 0.1) is 5.41 Å². The fraction of sp³-hybridized carbons (Fsp3) is 0.700. The zero-order chi connectivity index (χ0) is 16.6. The second-order valence-electron chi connectivity index (χ2n) is 8.22. The van der Waals surface area contributed by atoms with Crippen LogP contribution in [0.25, 0.3) is 0 Å². The quantitative estimate of drug-likeness (QED) is 0.596. The Balaban J connectivity index is 1.93. The van der Waals surface area contributed by atoms with E-state index in [0.29, 0.717) is 19.8 Å². The summed E-state index contributed by atoms with van der Waals surface area (Å²) in [6, 6.07) is 0. The third-order valence-corrected chi connectivity index (χ3v) is 5.70. The average molecular weight is 318 g/mol. The van der Waals surface area contributed by atoms with Crippen molar-refractivity contribution in [1.29, 1.82) is 0 Å². The summed E-state index contributed by atoms with van der Waals surface area (Å²) in [6.45, 7) is 15.6. The second-order valence-corrected chi connectivity index (χ2v) is 8.22. The van der Waals surface area contributed by atoms with E-state index in [1.807, 2.05) is 18.2 Å². The predicted molar refractivity (Wildman–Crippen MR) is 92.4 cm³/mol. The van der Waals surface area contributed by atoms with Crippen LogP contribution in [0.4, 0.5) is 0 Å². The molecule has 0 radical (unpaired) electrons. The van der Waals surface area contributed by atoms with Crippen LogP contribution in [0.5, 0.6) is 0 Å². The van der Waals surface area contributed by atoms with Crippen LogP contribution in [-0.4, -0.2) is 36.6 Å². The first kappa shape index (κ1) is 16.9. The van der Waals surface area contributed by atoms with Gasteiger partial charge in [0.2, 0.25) is 0 Å². The summed E-state index contributed by atoms with van der Waals surface area (Å²) in [5, 5.41) is 0. The van der Waals surface area contributed by atoms with Crippen LogP contribution in [0.15, 0.2) is 38.0 Å². The number of ether oxygens (including phenoxy) is 3. The molecule has 0 aliphatic heterocycles. The Hall–Kier alpha value is -0.900. The third kappa shape index (κ3) is 3.07. The molecule has 0 saturated heterocycles. The minimum Gasteiger partial charge on any atom is -0.371 e. The summed E-state index contributed by atoms with van der Waals surface area (Å²) in [5.41, 5.74) is -0.252. The van der Waals surface area contributed by atoms with Gasteiger partial charge in [-0.25, -0.2) is 0 Å². The molecule has 0 atom stereocenters. The normalized spacial score (nSPS) is 44.2. The molecule has 0 aromatic heterocycles. The molecule has 3 nitrogen and oxygen atoms in total. The van der Waals surface area contributed by atoms with Crippen LogP contribution in [0.2, 0.25) is 0 Å². The van der Waals surface area contributed by atoms with Crippen LogP contribution in [0.3, 0.4) is 0 Å². The van der Waals surface area contributed by atoms with E-state index in [0.717, 1.165) is 38.5 Å². The van der Waals surface area contributed by atoms with Gasteiger partial charge >= 0.3 is 0 Å². The zero-order valence-corrected chi connectivity index (χ0v) is 14.4. The van der Waals surface area contributed by atoms with Crippen LogP contribution in [-0.2, 0) is 14.2 Å². The van der Waals surface area contributed by atoms with Crippen molar-refractivity contribution < 1.29 is 14.2 Å². The van der Waals surface area contributed by atoms with Crippen molar-refractivity contribution in [2.75, 3.05) is 19.8 Å². The molecule has 0 aromatic carbocycles. The average Bonchev–Trinajstić information content (AvgIpc) is 2.47. The van der Waals surface area contributed by atoms with E-state index in [4.69, 9.17) is 14.2 Å². The molecule has 4 saturated carbocycles. The highest BCUT2D eigenvalue weighted by atomic mass is 16.5. The number of rotatable bonds is 9. The highest BCUT2D eigenvalue weighted by molar-refractivity contribution is 5.21. The van der Waals surface area contributed by atoms with Gasteiger partial charge in [0.05, 0.1) is 36.6 Å². The van der Waals surface area contributed by atoms with Crippen molar-refractivity contribution >= 4 is 0 Å². The fourth-order valence-corrected chi connectivity index (χ4v) is 6.01. The van der Waals surface area contributed by atoms with Crippen LogP contribution in [0.1, 0.15) is 45.4 Å². The summed E-state index contributed by atoms with van der Waals surface area (Å²) in [6.07, 6.45) is 11.7. The molecule has 0 aromatic rings. The monoisotopic (exact) mass is 318 g/mol. The van der Waals surface area contributed by atoms with E-state index in [1.165, 1.54) is 0 Å². The lowest BCUT2D eigenvalue weighted by Gasteiger charge is -2.68. The van der Waals surface area contributed by atoms with Crippen LogP contribution >= 0.6 is 0 Å². The third-order valence-electron chi connectivity index (χ3n) is 5.70. The van der Waals surface area contributed by atoms with Gasteiger partial charge in [0.25, 0.3) is 0 Å². The predicted octanol–water partition coefficient (Wildman–Crippen LogP) is 4.20. The molecule has 4 aliphatic rings. The first-order valence-corrected chi connectivity index (χ1v) is 8.67. The maximum atomic E-state index is 6.34. The van der Waals surface area contributed by atoms with Gasteiger partial charge in [0.1, 0.15) is 0 Å². The first-order valence-electron chi connectivity index (χ1n) is 8.67. The Labute approximate surface area is 140 Å². The molecule has 4 aliphatic carbocycles. The molecule has 0 spiro atoms. The van der Waals surface area contributed by atoms with E-state index < -0.39 is 0 Å². The van der Waals surface area contributed by atoms with Gasteiger partial charge in [-0.3, -0.25) is 0 Å². The van der Waals surface area contributed by atoms with Crippen molar-refractivity contribution in [2.24, 2.45) is 5.41 Å². The Morgan fingerprint density at radius 3 is 1.22 bits per heavy atom. The Morgan fingerprint density at radius 1 is 0.652 bits per heavy atom. The molecular weight excluding hydrogens is 288 g/mol. The van der Waals surface area contributed by atoms with E-state index in [1.54, 1.807) is 0 Å². The zero-order valence-electron chi connectivity index (χ0n) is 14.4. The second kappa shape index (κ2) is 5.87. The van der Waals surface area contributed by atoms with E-state index in [-0.39, 0.29) is 22.2 Å². The molecule has 23 heavy (non-hydrogen) atoms. The minimum absolute atomic E-state index is 0.153. The van der Waals surface area contributed by atoms with Gasteiger partial charge in [-0.15, -0.1) is 19.7 Å². The van der Waals surface area contributed by atoms with Crippen molar-refractivity contribution in [3.05, 3.63) is 38.0 Å². The molecule has 4 bridgehead atoms. The maximum Gasteiger partial charge on any atom is 0.0747 e. The Bertz CT molecular complexity index is 418. The lowest BCUT2D eigenvalue weighted by Crippen LogP contribution is -2.70. The van der Waals surface area contributed by atoms with Gasteiger partial charge in [0.15, 0.2) is 0 Å². The van der Waals surface area contributed by atoms with E-state index in [9.17, 15) is 0 Å². The summed E-state index contributed by atoms with van der Waals surface area (Å²) in [4.78, 5) is 0. The fourth-order valence-electron chi connectivity index (χ4n) is 6.01. The van der Waals surface area contributed by atoms with E-state index >= 15 is 0 Å². The van der Waals surface area contributed by atoms with Crippen LogP contribution < -0.4 is 0 Å². The van der Waals surface area contributed by atoms with Gasteiger partial charge in [-0.2, -0.15) is 0 Å². The van der Waals surface area contributed by atoms with Gasteiger partial charge in [0, 0.05) is 19.3 Å². The summed E-state index contributed by atoms with van der Waals surface area (Å²) in [5.74, 6) is 0. The summed E-state index contributed by atoms with van der Waals surface area (Å²) < 4.78 is 19.0. The smallest absolute Gasteiger partial charge is 0.0747 e. The molecule has 4 rings (SSSR count). The molecule has 4 fully saturated rings. The highest BCUT2D eigenvalue weighted by Gasteiger charge is 2.68. The SMILES string of the molecule is C=CCOC12CC3(C)CC(OCC=C)(C1)CC(OCC=C)(C3)C2. The van der Waals surface area contributed by atoms with Crippen molar-refractivity contribution in [3.8, 4) is 0 Å². The number of hydrogen-bond acceptors (Lipinski definition) is 3. The van der Waals surface area contributed by atoms with Gasteiger partial charge < -0.3 is 14.2 Å². The highest BCUT2D eigenvalue weighted by Crippen LogP contribution is 2.67. The minimum atomic E-state index is -0.153. The molecule has 0 heterocycles. The topological polar surface area (TPSA) is 27.7 Å². The summed E-state index contributed by atoms with van der Waals surface area (Å²) >= 11 is 0. The molecule has 3 heteroatoms. The standard InChI is InChI=1S/C20H30O3/c1-5-8-21-18-11-17(4)12-19(14-18,22-9-6-2)16-20(13-17,15-18)23-10-7-3/h5-7H,1-3,8-16H2,4H3. The van der Waals surface area contributed by atoms with Crippen molar-refractivity contribution in [3.63, 3.8) is 0 Å².